The van der Waals surface area contributed by atoms with Gasteiger partial charge in [0.1, 0.15) is 29.2 Å². The van der Waals surface area contributed by atoms with Crippen molar-refractivity contribution in [3.63, 3.8) is 0 Å². The van der Waals surface area contributed by atoms with E-state index in [1.54, 1.807) is 18.1 Å². The minimum absolute atomic E-state index is 0.0350. The molecule has 5 aliphatic rings. The Morgan fingerprint density at radius 2 is 1.72 bits per heavy atom. The highest BCUT2D eigenvalue weighted by Crippen LogP contribution is 2.48. The molecule has 14 heteroatoms. The molecule has 3 heterocycles. The summed E-state index contributed by atoms with van der Waals surface area (Å²) in [6.45, 7) is 5.30. The lowest BCUT2D eigenvalue weighted by molar-refractivity contribution is -0.146. The van der Waals surface area contributed by atoms with Crippen LogP contribution in [0.3, 0.4) is 0 Å². The monoisotopic (exact) mass is 839 g/mol. The molecular formula is C46H57N5O8S. The number of amides is 4. The van der Waals surface area contributed by atoms with Crippen LogP contribution >= 0.6 is 0 Å². The van der Waals surface area contributed by atoms with E-state index in [2.05, 4.69) is 11.9 Å². The molecular weight excluding hydrogens is 783 g/mol. The number of ether oxygens (including phenoxy) is 2. The van der Waals surface area contributed by atoms with Gasteiger partial charge in [-0.2, -0.15) is 0 Å². The molecule has 5 fully saturated rings. The molecule has 3 unspecified atom stereocenters. The van der Waals surface area contributed by atoms with Crippen molar-refractivity contribution in [2.24, 2.45) is 17.8 Å². The Bertz CT molecular complexity index is 2180. The van der Waals surface area contributed by atoms with Gasteiger partial charge >= 0.3 is 0 Å². The summed E-state index contributed by atoms with van der Waals surface area (Å²) in [5.41, 5.74) is 0.724. The molecule has 5 atom stereocenters. The van der Waals surface area contributed by atoms with Crippen molar-refractivity contribution in [3.8, 4) is 22.8 Å². The van der Waals surface area contributed by atoms with Crippen LogP contribution in [0.25, 0.3) is 22.2 Å². The molecule has 320 valence electrons. The Morgan fingerprint density at radius 1 is 0.983 bits per heavy atom. The quantitative estimate of drug-likeness (QED) is 0.142. The summed E-state index contributed by atoms with van der Waals surface area (Å²) >= 11 is 0. The van der Waals surface area contributed by atoms with Gasteiger partial charge in [-0.05, 0) is 63.0 Å². The van der Waals surface area contributed by atoms with Gasteiger partial charge in [-0.3, -0.25) is 19.2 Å². The Labute approximate surface area is 353 Å². The fraction of sp³-hybridized carbons (Fsp3) is 0.543. The normalized spacial score (nSPS) is 24.8. The van der Waals surface area contributed by atoms with E-state index in [0.29, 0.717) is 61.0 Å². The van der Waals surface area contributed by atoms with Crippen LogP contribution in [0.1, 0.15) is 89.9 Å². The fourth-order valence-corrected chi connectivity index (χ4v) is 10.6. The maximum Gasteiger partial charge on any atom is 0.262 e. The van der Waals surface area contributed by atoms with E-state index in [4.69, 9.17) is 14.5 Å². The third-order valence-corrected chi connectivity index (χ3v) is 14.2. The number of carbonyl (C=O) groups is 4. The summed E-state index contributed by atoms with van der Waals surface area (Å²) in [6, 6.07) is 15.7. The maximum atomic E-state index is 15.1. The Balaban J connectivity index is 1.13. The largest absolute Gasteiger partial charge is 0.497 e. The molecule has 0 spiro atoms. The zero-order valence-corrected chi connectivity index (χ0v) is 35.4. The van der Waals surface area contributed by atoms with Crippen LogP contribution in [0.15, 0.2) is 67.3 Å². The number of nitrogens with one attached hydrogen (secondary N) is 1. The smallest absolute Gasteiger partial charge is 0.262 e. The fourth-order valence-electron chi connectivity index (χ4n) is 9.74. The zero-order valence-electron chi connectivity index (χ0n) is 34.5. The number of pyridine rings is 1. The number of hydrogen-bond acceptors (Lipinski definition) is 9. The summed E-state index contributed by atoms with van der Waals surface area (Å²) in [5.74, 6) is -1.19. The van der Waals surface area contributed by atoms with E-state index in [9.17, 15) is 22.8 Å². The van der Waals surface area contributed by atoms with Gasteiger partial charge in [0.05, 0.1) is 24.9 Å². The lowest BCUT2D eigenvalue weighted by Gasteiger charge is -2.33. The molecule has 1 N–H and O–H groups in total. The SMILES string of the molecule is C=CC1CC1(NC(=O)C1C[C@@H](Oc2cc(-c3ccccc3)nc3cc(OC)ccc23)CN1C(=O)[C@@H](CC(=O)N1CCCCC1)CC1CCCCC1)C(=O)N(C1CC1)[SH](=O)=O. The molecule has 60 heavy (non-hydrogen) atoms. The van der Waals surface area contributed by atoms with Crippen molar-refractivity contribution in [2.45, 2.75) is 114 Å². The standard InChI is InChI=1S/C46H57N5O8S/c1-3-33-28-46(33,45(55)51(60(56)57)34-17-18-34)48-43(53)40-26-36(59-41-27-38(31-15-9-5-10-16-31)47-39-25-35(58-2)19-20-37(39)41)29-50(40)44(54)32(23-30-13-7-4-8-14-30)24-42(52)49-21-11-6-12-22-49/h3,5,9-10,15-16,19-20,25,27,30,32-34,36,40,60H,1,4,6-8,11-14,17-18,21-24,26,28-29H2,2H3,(H,48,53)/t32-,33?,36-,40?,46?/m1/s1. The third kappa shape index (κ3) is 8.89. The zero-order chi connectivity index (χ0) is 42.0. The van der Waals surface area contributed by atoms with Crippen molar-refractivity contribution in [1.82, 2.24) is 24.4 Å². The molecule has 4 amide bonds. The van der Waals surface area contributed by atoms with Crippen LogP contribution in [0, 0.1) is 17.8 Å². The molecule has 3 aromatic rings. The molecule has 2 aliphatic heterocycles. The highest BCUT2D eigenvalue weighted by molar-refractivity contribution is 7.70. The predicted molar refractivity (Wildman–Crippen MR) is 227 cm³/mol. The van der Waals surface area contributed by atoms with E-state index in [1.165, 1.54) is 0 Å². The number of piperidine rings is 1. The second-order valence-electron chi connectivity index (χ2n) is 17.4. The number of benzene rings is 2. The number of carbonyl (C=O) groups excluding carboxylic acids is 4. The first kappa shape index (κ1) is 41.7. The minimum Gasteiger partial charge on any atom is -0.497 e. The average molecular weight is 840 g/mol. The van der Waals surface area contributed by atoms with Crippen molar-refractivity contribution in [1.29, 1.82) is 0 Å². The summed E-state index contributed by atoms with van der Waals surface area (Å²) in [7, 11) is -1.63. The molecule has 0 radical (unpaired) electrons. The summed E-state index contributed by atoms with van der Waals surface area (Å²) in [5, 5.41) is 3.69. The van der Waals surface area contributed by atoms with Crippen molar-refractivity contribution < 1.29 is 37.1 Å². The summed E-state index contributed by atoms with van der Waals surface area (Å²) in [4.78, 5) is 66.1. The van der Waals surface area contributed by atoms with E-state index in [1.807, 2.05) is 59.5 Å². The van der Waals surface area contributed by atoms with Gasteiger partial charge in [0.2, 0.25) is 28.6 Å². The molecule has 2 saturated heterocycles. The van der Waals surface area contributed by atoms with Crippen LogP contribution in [-0.4, -0.2) is 102 Å². The van der Waals surface area contributed by atoms with E-state index in [-0.39, 0.29) is 37.6 Å². The van der Waals surface area contributed by atoms with Crippen LogP contribution in [-0.2, 0) is 30.1 Å². The van der Waals surface area contributed by atoms with Gasteiger partial charge in [-0.1, -0.05) is 68.5 Å². The second-order valence-corrected chi connectivity index (χ2v) is 18.4. The van der Waals surface area contributed by atoms with Crippen molar-refractivity contribution in [3.05, 3.63) is 67.3 Å². The molecule has 8 rings (SSSR count). The first-order valence-electron chi connectivity index (χ1n) is 21.8. The first-order chi connectivity index (χ1) is 29.1. The third-order valence-electron chi connectivity index (χ3n) is 13.3. The number of hydrogen-bond donors (Lipinski definition) is 2. The minimum atomic E-state index is -3.22. The molecule has 0 bridgehead atoms. The highest BCUT2D eigenvalue weighted by Gasteiger charge is 2.63. The first-order valence-corrected chi connectivity index (χ1v) is 22.9. The second kappa shape index (κ2) is 17.9. The summed E-state index contributed by atoms with van der Waals surface area (Å²) < 4.78 is 38.0. The topological polar surface area (TPSA) is 156 Å². The van der Waals surface area contributed by atoms with Crippen LogP contribution in [0.4, 0.5) is 0 Å². The molecule has 3 aliphatic carbocycles. The van der Waals surface area contributed by atoms with Crippen LogP contribution in [0.2, 0.25) is 0 Å². The average Bonchev–Trinajstić information content (AvgIpc) is 4.20. The Hall–Kier alpha value is -4.98. The number of nitrogens with zero attached hydrogens (tertiary/aromatic N) is 4. The van der Waals surface area contributed by atoms with Gasteiger partial charge in [-0.15, -0.1) is 6.58 Å². The van der Waals surface area contributed by atoms with Gasteiger partial charge in [-0.25, -0.2) is 17.7 Å². The number of likely N-dealkylation sites (tertiary alicyclic amines) is 2. The van der Waals surface area contributed by atoms with Gasteiger partial charge < -0.3 is 24.6 Å². The van der Waals surface area contributed by atoms with Crippen molar-refractivity contribution >= 4 is 45.4 Å². The van der Waals surface area contributed by atoms with Crippen molar-refractivity contribution in [2.75, 3.05) is 26.7 Å². The molecule has 1 aromatic heterocycles. The lowest BCUT2D eigenvalue weighted by atomic mass is 9.81. The number of aromatic nitrogens is 1. The summed E-state index contributed by atoms with van der Waals surface area (Å²) in [6.07, 6.45) is 11.3. The molecule has 13 nitrogen and oxygen atoms in total. The molecule has 2 aromatic carbocycles. The number of methoxy groups -OCH3 is 1. The highest BCUT2D eigenvalue weighted by atomic mass is 32.2. The van der Waals surface area contributed by atoms with Gasteiger partial charge in [0.15, 0.2) is 0 Å². The Kier molecular flexibility index (Phi) is 12.5. The lowest BCUT2D eigenvalue weighted by Crippen LogP contribution is -2.57. The Morgan fingerprint density at radius 3 is 2.38 bits per heavy atom. The van der Waals surface area contributed by atoms with Gasteiger partial charge in [0, 0.05) is 66.9 Å². The van der Waals surface area contributed by atoms with E-state index >= 15 is 4.79 Å². The van der Waals surface area contributed by atoms with E-state index < -0.39 is 58.3 Å². The number of thiol groups is 1. The van der Waals surface area contributed by atoms with Gasteiger partial charge in [0.25, 0.3) is 5.91 Å². The molecule has 3 saturated carbocycles. The van der Waals surface area contributed by atoms with Crippen LogP contribution < -0.4 is 14.8 Å². The predicted octanol–water partition coefficient (Wildman–Crippen LogP) is 5.83. The number of fused-ring (bicyclic) bond motifs is 1. The number of rotatable bonds is 15. The van der Waals surface area contributed by atoms with E-state index in [0.717, 1.165) is 66.6 Å². The maximum absolute atomic E-state index is 15.1. The van der Waals surface area contributed by atoms with Crippen LogP contribution in [0.5, 0.6) is 11.5 Å².